The Morgan fingerprint density at radius 3 is 2.76 bits per heavy atom. The van der Waals surface area contributed by atoms with E-state index in [1.165, 1.54) is 0 Å². The Bertz CT molecular complexity index is 302. The third kappa shape index (κ3) is 2.95. The van der Waals surface area contributed by atoms with Crippen molar-refractivity contribution in [3.63, 3.8) is 0 Å². The van der Waals surface area contributed by atoms with E-state index >= 15 is 0 Å². The maximum atomic E-state index is 11.9. The molecule has 2 aliphatic rings. The van der Waals surface area contributed by atoms with E-state index in [1.807, 2.05) is 0 Å². The van der Waals surface area contributed by atoms with Gasteiger partial charge in [-0.25, -0.2) is 0 Å². The first-order valence-electron chi connectivity index (χ1n) is 6.03. The van der Waals surface area contributed by atoms with E-state index in [0.717, 1.165) is 25.8 Å². The summed E-state index contributed by atoms with van der Waals surface area (Å²) in [5.41, 5.74) is 0. The van der Waals surface area contributed by atoms with Crippen LogP contribution in [0.15, 0.2) is 0 Å². The molecule has 0 aromatic heterocycles. The molecule has 96 valence electrons. The fourth-order valence-corrected chi connectivity index (χ4v) is 2.30. The first-order chi connectivity index (χ1) is 8.18. The third-order valence-corrected chi connectivity index (χ3v) is 3.35. The number of rotatable bonds is 3. The van der Waals surface area contributed by atoms with Crippen LogP contribution >= 0.6 is 0 Å². The summed E-state index contributed by atoms with van der Waals surface area (Å²) in [4.78, 5) is 22.8. The lowest BCUT2D eigenvalue weighted by atomic mass is 10.0. The van der Waals surface area contributed by atoms with Crippen LogP contribution in [0.5, 0.6) is 0 Å². The van der Waals surface area contributed by atoms with Crippen LogP contribution in [0.1, 0.15) is 19.3 Å². The highest BCUT2D eigenvalue weighted by Crippen LogP contribution is 2.15. The molecule has 2 unspecified atom stereocenters. The highest BCUT2D eigenvalue weighted by atomic mass is 16.5. The van der Waals surface area contributed by atoms with Crippen molar-refractivity contribution < 1.29 is 19.4 Å². The van der Waals surface area contributed by atoms with Gasteiger partial charge in [0.15, 0.2) is 0 Å². The van der Waals surface area contributed by atoms with Gasteiger partial charge in [-0.1, -0.05) is 6.42 Å². The van der Waals surface area contributed by atoms with Crippen molar-refractivity contribution in [2.75, 3.05) is 19.8 Å². The summed E-state index contributed by atoms with van der Waals surface area (Å²) in [6, 6.07) is -0.581. The van der Waals surface area contributed by atoms with E-state index in [9.17, 15) is 9.59 Å². The van der Waals surface area contributed by atoms with E-state index in [1.54, 1.807) is 0 Å². The number of carboxylic acid groups (broad SMARTS) is 1. The van der Waals surface area contributed by atoms with Gasteiger partial charge in [-0.15, -0.1) is 0 Å². The minimum Gasteiger partial charge on any atom is -0.481 e. The number of carbonyl (C=O) groups is 2. The maximum Gasteiger partial charge on any atom is 0.311 e. The minimum atomic E-state index is -0.913. The molecule has 0 saturated carbocycles. The Balaban J connectivity index is 1.86. The summed E-state index contributed by atoms with van der Waals surface area (Å²) < 4.78 is 5.10. The number of hydrogen-bond acceptors (Lipinski definition) is 4. The standard InChI is InChI=1S/C11H18N2O4/c14-10(8-3-1-2-4-12-8)13-9-6-17-5-7(9)11(15)16/h7-9,12H,1-6H2,(H,13,14)(H,15,16)/t7?,8-,9?/m1/s1. The molecular weight excluding hydrogens is 224 g/mol. The molecule has 0 spiro atoms. The molecule has 0 radical (unpaired) electrons. The van der Waals surface area contributed by atoms with Crippen LogP contribution in [0.2, 0.25) is 0 Å². The van der Waals surface area contributed by atoms with Crippen molar-refractivity contribution in [1.82, 2.24) is 10.6 Å². The highest BCUT2D eigenvalue weighted by Gasteiger charge is 2.36. The topological polar surface area (TPSA) is 87.7 Å². The van der Waals surface area contributed by atoms with E-state index in [-0.39, 0.29) is 25.2 Å². The van der Waals surface area contributed by atoms with E-state index in [4.69, 9.17) is 9.84 Å². The molecule has 2 saturated heterocycles. The van der Waals surface area contributed by atoms with Crippen molar-refractivity contribution in [1.29, 1.82) is 0 Å². The molecule has 3 atom stereocenters. The van der Waals surface area contributed by atoms with Gasteiger partial charge in [0.05, 0.1) is 25.3 Å². The Morgan fingerprint density at radius 1 is 1.29 bits per heavy atom. The number of nitrogens with one attached hydrogen (secondary N) is 2. The van der Waals surface area contributed by atoms with Crippen LogP contribution < -0.4 is 10.6 Å². The van der Waals surface area contributed by atoms with Crippen molar-refractivity contribution in [3.8, 4) is 0 Å². The molecule has 2 rings (SSSR count). The summed E-state index contributed by atoms with van der Waals surface area (Å²) in [5, 5.41) is 14.9. The Labute approximate surface area is 99.7 Å². The van der Waals surface area contributed by atoms with Gasteiger partial charge in [0, 0.05) is 0 Å². The van der Waals surface area contributed by atoms with Crippen LogP contribution in [0.3, 0.4) is 0 Å². The van der Waals surface area contributed by atoms with Crippen LogP contribution in [0.4, 0.5) is 0 Å². The first-order valence-corrected chi connectivity index (χ1v) is 6.03. The lowest BCUT2D eigenvalue weighted by Crippen LogP contribution is -2.52. The average Bonchev–Trinajstić information content (AvgIpc) is 2.78. The lowest BCUT2D eigenvalue weighted by molar-refractivity contribution is -0.142. The van der Waals surface area contributed by atoms with Crippen LogP contribution in [-0.4, -0.2) is 48.8 Å². The van der Waals surface area contributed by atoms with Gasteiger partial charge in [-0.05, 0) is 19.4 Å². The van der Waals surface area contributed by atoms with Crippen molar-refractivity contribution in [3.05, 3.63) is 0 Å². The molecule has 0 aromatic rings. The maximum absolute atomic E-state index is 11.9. The molecule has 0 bridgehead atoms. The predicted molar refractivity (Wildman–Crippen MR) is 59.5 cm³/mol. The molecule has 3 N–H and O–H groups in total. The van der Waals surface area contributed by atoms with Crippen LogP contribution in [0.25, 0.3) is 0 Å². The zero-order chi connectivity index (χ0) is 12.3. The van der Waals surface area contributed by atoms with Crippen molar-refractivity contribution in [2.24, 2.45) is 5.92 Å². The Hall–Kier alpha value is -1.14. The SMILES string of the molecule is O=C(O)C1COCC1NC(=O)[C@H]1CCCCN1. The van der Waals surface area contributed by atoms with Gasteiger partial charge >= 0.3 is 5.97 Å². The number of piperidine rings is 1. The lowest BCUT2D eigenvalue weighted by Gasteiger charge is -2.25. The second-order valence-electron chi connectivity index (χ2n) is 4.60. The van der Waals surface area contributed by atoms with Gasteiger partial charge in [0.2, 0.25) is 5.91 Å². The van der Waals surface area contributed by atoms with Gasteiger partial charge in [-0.2, -0.15) is 0 Å². The highest BCUT2D eigenvalue weighted by molar-refractivity contribution is 5.83. The number of aliphatic carboxylic acids is 1. The number of ether oxygens (including phenoxy) is 1. The van der Waals surface area contributed by atoms with E-state index in [0.29, 0.717) is 0 Å². The largest absolute Gasteiger partial charge is 0.481 e. The molecule has 6 nitrogen and oxygen atoms in total. The summed E-state index contributed by atoms with van der Waals surface area (Å²) >= 11 is 0. The van der Waals surface area contributed by atoms with Gasteiger partial charge < -0.3 is 20.5 Å². The normalized spacial score (nSPS) is 33.3. The molecule has 2 aliphatic heterocycles. The van der Waals surface area contributed by atoms with E-state index < -0.39 is 17.9 Å². The first kappa shape index (κ1) is 12.3. The second-order valence-corrected chi connectivity index (χ2v) is 4.60. The smallest absolute Gasteiger partial charge is 0.311 e. The molecule has 6 heteroatoms. The van der Waals surface area contributed by atoms with Crippen molar-refractivity contribution >= 4 is 11.9 Å². The number of amides is 1. The number of carboxylic acids is 1. The summed E-state index contributed by atoms with van der Waals surface area (Å²) in [6.45, 7) is 1.31. The van der Waals surface area contributed by atoms with E-state index in [2.05, 4.69) is 10.6 Å². The average molecular weight is 242 g/mol. The molecule has 17 heavy (non-hydrogen) atoms. The zero-order valence-corrected chi connectivity index (χ0v) is 9.65. The predicted octanol–water partition coefficient (Wildman–Crippen LogP) is -0.656. The number of hydrogen-bond donors (Lipinski definition) is 3. The third-order valence-electron chi connectivity index (χ3n) is 3.35. The zero-order valence-electron chi connectivity index (χ0n) is 9.65. The molecular formula is C11H18N2O4. The summed E-state index contributed by atoms with van der Waals surface area (Å²) in [7, 11) is 0. The minimum absolute atomic E-state index is 0.105. The second kappa shape index (κ2) is 5.46. The van der Waals surface area contributed by atoms with Gasteiger partial charge in [0.1, 0.15) is 5.92 Å². The quantitative estimate of drug-likeness (QED) is 0.612. The Morgan fingerprint density at radius 2 is 2.12 bits per heavy atom. The molecule has 0 aliphatic carbocycles. The Kier molecular flexibility index (Phi) is 3.96. The van der Waals surface area contributed by atoms with Crippen molar-refractivity contribution in [2.45, 2.75) is 31.3 Å². The van der Waals surface area contributed by atoms with Crippen LogP contribution in [0, 0.1) is 5.92 Å². The molecule has 2 fully saturated rings. The fourth-order valence-electron chi connectivity index (χ4n) is 2.30. The molecule has 1 amide bonds. The van der Waals surface area contributed by atoms with Gasteiger partial charge in [0.25, 0.3) is 0 Å². The number of carbonyl (C=O) groups excluding carboxylic acids is 1. The summed E-state index contributed by atoms with van der Waals surface area (Å²) in [6.07, 6.45) is 2.94. The molecule has 2 heterocycles. The van der Waals surface area contributed by atoms with Crippen LogP contribution in [-0.2, 0) is 14.3 Å². The molecule has 0 aromatic carbocycles. The van der Waals surface area contributed by atoms with Gasteiger partial charge in [-0.3, -0.25) is 9.59 Å². The summed E-state index contributed by atoms with van der Waals surface area (Å²) in [5.74, 6) is -1.64. The monoisotopic (exact) mass is 242 g/mol. The fraction of sp³-hybridized carbons (Fsp3) is 0.818.